The zero-order valence-corrected chi connectivity index (χ0v) is 18.2. The molecule has 0 atom stereocenters. The van der Waals surface area contributed by atoms with E-state index in [1.807, 2.05) is 0 Å². The Kier molecular flexibility index (Phi) is 7.21. The van der Waals surface area contributed by atoms with E-state index in [0.29, 0.717) is 10.8 Å². The van der Waals surface area contributed by atoms with Gasteiger partial charge in [-0.15, -0.1) is 24.0 Å². The molecule has 0 spiro atoms. The highest BCUT2D eigenvalue weighted by Gasteiger charge is 2.54. The van der Waals surface area contributed by atoms with Crippen LogP contribution in [-0.4, -0.2) is 49.2 Å². The molecule has 0 unspecified atom stereocenters. The van der Waals surface area contributed by atoms with Gasteiger partial charge in [-0.2, -0.15) is 0 Å². The number of halogens is 1. The fourth-order valence-corrected chi connectivity index (χ4v) is 3.13. The lowest BCUT2D eigenvalue weighted by atomic mass is 9.65. The molecular weight excluding hydrogens is 401 g/mol. The molecule has 23 heavy (non-hydrogen) atoms. The summed E-state index contributed by atoms with van der Waals surface area (Å²) in [6.07, 6.45) is 3.76. The van der Waals surface area contributed by atoms with E-state index in [0.717, 1.165) is 45.2 Å². The molecule has 1 saturated heterocycles. The molecule has 2 rings (SSSR count). The van der Waals surface area contributed by atoms with E-state index < -0.39 is 0 Å². The SMILES string of the molecule is CCNC(=NCC1(CCOCC)CC1)N1CC(C)(C)C1(C)C.I. The number of likely N-dealkylation sites (tertiary alicyclic amines) is 1. The van der Waals surface area contributed by atoms with E-state index in [1.54, 1.807) is 0 Å². The van der Waals surface area contributed by atoms with Crippen molar-refractivity contribution in [3.63, 3.8) is 0 Å². The summed E-state index contributed by atoms with van der Waals surface area (Å²) >= 11 is 0. The zero-order chi connectivity index (χ0) is 16.4. The van der Waals surface area contributed by atoms with E-state index >= 15 is 0 Å². The molecule has 1 aliphatic carbocycles. The quantitative estimate of drug-likeness (QED) is 0.284. The number of aliphatic imine (C=N–C) groups is 1. The van der Waals surface area contributed by atoms with Crippen molar-refractivity contribution in [3.05, 3.63) is 0 Å². The highest BCUT2D eigenvalue weighted by molar-refractivity contribution is 14.0. The first kappa shape index (κ1) is 21.0. The lowest BCUT2D eigenvalue weighted by molar-refractivity contribution is -0.0668. The first-order chi connectivity index (χ1) is 10.3. The topological polar surface area (TPSA) is 36.9 Å². The standard InChI is InChI=1S/C18H35N3O.HI/c1-7-19-15(21-14-16(3,4)17(21,5)6)20-13-18(9-10-18)11-12-22-8-2;/h7-14H2,1-6H3,(H,19,20);1H. The van der Waals surface area contributed by atoms with Gasteiger partial charge in [0.25, 0.3) is 0 Å². The zero-order valence-electron chi connectivity index (χ0n) is 15.9. The van der Waals surface area contributed by atoms with Crippen LogP contribution in [-0.2, 0) is 4.74 Å². The smallest absolute Gasteiger partial charge is 0.194 e. The Morgan fingerprint density at radius 1 is 1.17 bits per heavy atom. The minimum absolute atomic E-state index is 0. The number of hydrogen-bond donors (Lipinski definition) is 1. The summed E-state index contributed by atoms with van der Waals surface area (Å²) in [5.74, 6) is 1.09. The van der Waals surface area contributed by atoms with Crippen molar-refractivity contribution in [1.29, 1.82) is 0 Å². The summed E-state index contributed by atoms with van der Waals surface area (Å²) < 4.78 is 5.53. The van der Waals surface area contributed by atoms with Gasteiger partial charge in [-0.25, -0.2) is 0 Å². The van der Waals surface area contributed by atoms with Crippen molar-refractivity contribution < 1.29 is 4.74 Å². The fraction of sp³-hybridized carbons (Fsp3) is 0.944. The van der Waals surface area contributed by atoms with Crippen LogP contribution in [0.4, 0.5) is 0 Å². The normalized spacial score (nSPS) is 23.7. The van der Waals surface area contributed by atoms with Gasteiger partial charge in [-0.05, 0) is 52.4 Å². The van der Waals surface area contributed by atoms with Crippen molar-refractivity contribution in [2.45, 2.75) is 66.3 Å². The second-order valence-electron chi connectivity index (χ2n) is 8.15. The predicted molar refractivity (Wildman–Crippen MR) is 109 cm³/mol. The summed E-state index contributed by atoms with van der Waals surface area (Å²) in [6, 6.07) is 0. The van der Waals surface area contributed by atoms with Gasteiger partial charge in [0, 0.05) is 43.8 Å². The maximum atomic E-state index is 5.53. The van der Waals surface area contributed by atoms with Crippen LogP contribution in [0.3, 0.4) is 0 Å². The van der Waals surface area contributed by atoms with E-state index in [-0.39, 0.29) is 29.5 Å². The van der Waals surface area contributed by atoms with Crippen molar-refractivity contribution >= 4 is 29.9 Å². The number of hydrogen-bond acceptors (Lipinski definition) is 2. The molecule has 2 fully saturated rings. The summed E-state index contributed by atoms with van der Waals surface area (Å²) in [4.78, 5) is 7.43. The first-order valence-corrected chi connectivity index (χ1v) is 8.92. The van der Waals surface area contributed by atoms with Crippen LogP contribution < -0.4 is 5.32 Å². The van der Waals surface area contributed by atoms with Crippen molar-refractivity contribution in [2.75, 3.05) is 32.8 Å². The Bertz CT molecular complexity index is 416. The molecule has 0 aromatic heterocycles. The fourth-order valence-electron chi connectivity index (χ4n) is 3.13. The molecule has 2 aliphatic rings. The van der Waals surface area contributed by atoms with Crippen molar-refractivity contribution in [1.82, 2.24) is 10.2 Å². The molecular formula is C18H36IN3O. The van der Waals surface area contributed by atoms with Crippen LogP contribution in [0.5, 0.6) is 0 Å². The third kappa shape index (κ3) is 4.53. The molecule has 0 aromatic carbocycles. The largest absolute Gasteiger partial charge is 0.382 e. The van der Waals surface area contributed by atoms with Gasteiger partial charge in [-0.3, -0.25) is 4.99 Å². The van der Waals surface area contributed by atoms with Crippen LogP contribution in [0, 0.1) is 10.8 Å². The minimum Gasteiger partial charge on any atom is -0.382 e. The molecule has 136 valence electrons. The molecule has 4 nitrogen and oxygen atoms in total. The summed E-state index contributed by atoms with van der Waals surface area (Å²) in [5, 5.41) is 3.49. The molecule has 5 heteroatoms. The monoisotopic (exact) mass is 437 g/mol. The number of nitrogens with one attached hydrogen (secondary N) is 1. The maximum Gasteiger partial charge on any atom is 0.194 e. The Labute approximate surface area is 159 Å². The number of guanidine groups is 1. The Morgan fingerprint density at radius 3 is 2.26 bits per heavy atom. The second-order valence-corrected chi connectivity index (χ2v) is 8.15. The van der Waals surface area contributed by atoms with Gasteiger partial charge in [-0.1, -0.05) is 13.8 Å². The lowest BCUT2D eigenvalue weighted by Gasteiger charge is -2.62. The molecule has 1 heterocycles. The minimum atomic E-state index is 0. The van der Waals surface area contributed by atoms with Crippen LogP contribution >= 0.6 is 24.0 Å². The van der Waals surface area contributed by atoms with E-state index in [4.69, 9.17) is 9.73 Å². The van der Waals surface area contributed by atoms with Gasteiger partial charge >= 0.3 is 0 Å². The van der Waals surface area contributed by atoms with Gasteiger partial charge in [0.05, 0.1) is 0 Å². The van der Waals surface area contributed by atoms with E-state index in [9.17, 15) is 0 Å². The van der Waals surface area contributed by atoms with Gasteiger partial charge in [0.2, 0.25) is 0 Å². The molecule has 1 aliphatic heterocycles. The van der Waals surface area contributed by atoms with Crippen molar-refractivity contribution in [3.8, 4) is 0 Å². The Hall–Kier alpha value is -0.0400. The molecule has 1 saturated carbocycles. The van der Waals surface area contributed by atoms with E-state index in [2.05, 4.69) is 51.8 Å². The first-order valence-electron chi connectivity index (χ1n) is 8.92. The summed E-state index contributed by atoms with van der Waals surface area (Å²) in [5.41, 5.74) is 0.922. The molecule has 0 aromatic rings. The van der Waals surface area contributed by atoms with Crippen molar-refractivity contribution in [2.24, 2.45) is 15.8 Å². The maximum absolute atomic E-state index is 5.53. The van der Waals surface area contributed by atoms with Crippen LogP contribution in [0.1, 0.15) is 60.8 Å². The Balaban J connectivity index is 0.00000264. The number of ether oxygens (including phenoxy) is 1. The van der Waals surface area contributed by atoms with Crippen LogP contribution in [0.15, 0.2) is 4.99 Å². The van der Waals surface area contributed by atoms with E-state index in [1.165, 1.54) is 12.8 Å². The van der Waals surface area contributed by atoms with Crippen LogP contribution in [0.2, 0.25) is 0 Å². The predicted octanol–water partition coefficient (Wildman–Crippen LogP) is 3.90. The lowest BCUT2D eigenvalue weighted by Crippen LogP contribution is -2.72. The third-order valence-corrected chi connectivity index (χ3v) is 5.98. The average Bonchev–Trinajstić information content (AvgIpc) is 3.22. The molecule has 0 radical (unpaired) electrons. The number of rotatable bonds is 7. The second kappa shape index (κ2) is 7.89. The highest BCUT2D eigenvalue weighted by atomic mass is 127. The Morgan fingerprint density at radius 2 is 1.83 bits per heavy atom. The summed E-state index contributed by atoms with van der Waals surface area (Å²) in [6.45, 7) is 18.2. The third-order valence-electron chi connectivity index (χ3n) is 5.98. The van der Waals surface area contributed by atoms with Crippen LogP contribution in [0.25, 0.3) is 0 Å². The highest BCUT2D eigenvalue weighted by Crippen LogP contribution is 2.50. The number of nitrogens with zero attached hydrogens (tertiary/aromatic N) is 2. The average molecular weight is 437 g/mol. The van der Waals surface area contributed by atoms with Gasteiger partial charge in [0.15, 0.2) is 5.96 Å². The molecule has 0 amide bonds. The molecule has 1 N–H and O–H groups in total. The van der Waals surface area contributed by atoms with Gasteiger partial charge in [0.1, 0.15) is 0 Å². The molecule has 0 bridgehead atoms. The summed E-state index contributed by atoms with van der Waals surface area (Å²) in [7, 11) is 0. The van der Waals surface area contributed by atoms with Gasteiger partial charge < -0.3 is 15.0 Å².